The van der Waals surface area contributed by atoms with E-state index in [9.17, 15) is 0 Å². The summed E-state index contributed by atoms with van der Waals surface area (Å²) in [6.45, 7) is 2.82. The van der Waals surface area contributed by atoms with Crippen LogP contribution in [-0.2, 0) is 12.8 Å². The van der Waals surface area contributed by atoms with E-state index >= 15 is 0 Å². The fourth-order valence-corrected chi connectivity index (χ4v) is 2.85. The molecule has 1 aliphatic heterocycles. The molecule has 2 aliphatic rings. The molecule has 1 aromatic carbocycles. The predicted molar refractivity (Wildman–Crippen MR) is 80.5 cm³/mol. The molecule has 1 saturated carbocycles. The van der Waals surface area contributed by atoms with Crippen molar-refractivity contribution in [2.24, 2.45) is 5.73 Å². The molecule has 0 radical (unpaired) electrons. The van der Waals surface area contributed by atoms with E-state index in [-0.39, 0.29) is 0 Å². The summed E-state index contributed by atoms with van der Waals surface area (Å²) in [4.78, 5) is 2.49. The quantitative estimate of drug-likeness (QED) is 0.589. The Hall–Kier alpha value is -1.55. The average molecular weight is 273 g/mol. The maximum atomic E-state index is 7.37. The topological polar surface area (TPSA) is 62.3 Å². The molecule has 3 rings (SSSR count). The molecular weight excluding hydrogens is 250 g/mol. The van der Waals surface area contributed by atoms with Gasteiger partial charge in [-0.1, -0.05) is 12.1 Å². The van der Waals surface area contributed by atoms with Crippen LogP contribution in [0.3, 0.4) is 0 Å². The van der Waals surface area contributed by atoms with Gasteiger partial charge >= 0.3 is 0 Å². The summed E-state index contributed by atoms with van der Waals surface area (Å²) in [5, 5.41) is 7.37. The normalized spacial score (nSPS) is 17.1. The Labute approximate surface area is 120 Å². The highest BCUT2D eigenvalue weighted by atomic mass is 16.5. The van der Waals surface area contributed by atoms with Crippen LogP contribution in [0.5, 0.6) is 5.75 Å². The molecule has 0 spiro atoms. The summed E-state index contributed by atoms with van der Waals surface area (Å²) in [7, 11) is 0. The number of nitrogens with two attached hydrogens (primary N) is 1. The van der Waals surface area contributed by atoms with Crippen molar-refractivity contribution in [2.75, 3.05) is 19.7 Å². The van der Waals surface area contributed by atoms with Crippen molar-refractivity contribution in [3.8, 4) is 5.75 Å². The molecule has 3 N–H and O–H groups in total. The molecule has 0 amide bonds. The lowest BCUT2D eigenvalue weighted by atomic mass is 10.1. The first-order valence-corrected chi connectivity index (χ1v) is 7.54. The first-order valence-electron chi connectivity index (χ1n) is 7.54. The van der Waals surface area contributed by atoms with Crippen LogP contribution >= 0.6 is 0 Å². The van der Waals surface area contributed by atoms with Crippen LogP contribution in [0.15, 0.2) is 18.2 Å². The van der Waals surface area contributed by atoms with E-state index in [4.69, 9.17) is 15.9 Å². The SMILES string of the molecule is N=C(N)CCN(CCc1ccc2c(c1)CCO2)C1CC1. The molecule has 1 heterocycles. The van der Waals surface area contributed by atoms with Gasteiger partial charge in [-0.05, 0) is 36.5 Å². The molecule has 4 nitrogen and oxygen atoms in total. The zero-order chi connectivity index (χ0) is 13.9. The molecule has 108 valence electrons. The maximum Gasteiger partial charge on any atom is 0.122 e. The van der Waals surface area contributed by atoms with Gasteiger partial charge in [0.25, 0.3) is 0 Å². The van der Waals surface area contributed by atoms with Gasteiger partial charge in [0.2, 0.25) is 0 Å². The van der Waals surface area contributed by atoms with Crippen molar-refractivity contribution in [1.82, 2.24) is 4.90 Å². The lowest BCUT2D eigenvalue weighted by molar-refractivity contribution is 0.274. The highest BCUT2D eigenvalue weighted by Gasteiger charge is 2.28. The molecule has 0 bridgehead atoms. The van der Waals surface area contributed by atoms with Crippen LogP contribution in [0.4, 0.5) is 0 Å². The summed E-state index contributed by atoms with van der Waals surface area (Å²) in [5.41, 5.74) is 8.22. The highest BCUT2D eigenvalue weighted by Crippen LogP contribution is 2.28. The first-order chi connectivity index (χ1) is 9.72. The third-order valence-electron chi connectivity index (χ3n) is 4.17. The van der Waals surface area contributed by atoms with E-state index in [2.05, 4.69) is 23.1 Å². The largest absolute Gasteiger partial charge is 0.493 e. The van der Waals surface area contributed by atoms with E-state index in [0.717, 1.165) is 44.3 Å². The van der Waals surface area contributed by atoms with Gasteiger partial charge in [0.1, 0.15) is 5.75 Å². The van der Waals surface area contributed by atoms with Crippen LogP contribution in [0.1, 0.15) is 30.4 Å². The Bertz CT molecular complexity index is 496. The van der Waals surface area contributed by atoms with Gasteiger partial charge in [0.05, 0.1) is 12.4 Å². The molecule has 0 saturated heterocycles. The molecule has 1 fully saturated rings. The Balaban J connectivity index is 1.55. The zero-order valence-electron chi connectivity index (χ0n) is 11.9. The predicted octanol–water partition coefficient (Wildman–Crippen LogP) is 1.95. The van der Waals surface area contributed by atoms with E-state index in [1.165, 1.54) is 24.0 Å². The van der Waals surface area contributed by atoms with Crippen LogP contribution in [0, 0.1) is 5.41 Å². The minimum absolute atomic E-state index is 0.297. The van der Waals surface area contributed by atoms with Crippen LogP contribution in [0.2, 0.25) is 0 Å². The van der Waals surface area contributed by atoms with Gasteiger partial charge in [-0.25, -0.2) is 0 Å². The molecule has 0 aromatic heterocycles. The smallest absolute Gasteiger partial charge is 0.122 e. The summed E-state index contributed by atoms with van der Waals surface area (Å²) < 4.78 is 5.54. The van der Waals surface area contributed by atoms with Crippen LogP contribution in [-0.4, -0.2) is 36.5 Å². The number of nitrogens with zero attached hydrogens (tertiary/aromatic N) is 1. The van der Waals surface area contributed by atoms with Crippen molar-refractivity contribution >= 4 is 5.84 Å². The Morgan fingerprint density at radius 1 is 1.35 bits per heavy atom. The third kappa shape index (κ3) is 3.31. The van der Waals surface area contributed by atoms with E-state index < -0.39 is 0 Å². The van der Waals surface area contributed by atoms with Crippen LogP contribution < -0.4 is 10.5 Å². The van der Waals surface area contributed by atoms with E-state index in [1.807, 2.05) is 0 Å². The minimum atomic E-state index is 0.297. The summed E-state index contributed by atoms with van der Waals surface area (Å²) >= 11 is 0. The number of fused-ring (bicyclic) bond motifs is 1. The molecule has 1 aliphatic carbocycles. The number of ether oxygens (including phenoxy) is 1. The second-order valence-electron chi connectivity index (χ2n) is 5.83. The van der Waals surface area contributed by atoms with Gasteiger partial charge in [0, 0.05) is 32.0 Å². The van der Waals surface area contributed by atoms with Gasteiger partial charge < -0.3 is 10.5 Å². The highest BCUT2D eigenvalue weighted by molar-refractivity contribution is 5.76. The third-order valence-corrected chi connectivity index (χ3v) is 4.17. The van der Waals surface area contributed by atoms with Crippen molar-refractivity contribution in [1.29, 1.82) is 5.41 Å². The summed E-state index contributed by atoms with van der Waals surface area (Å²) in [6, 6.07) is 7.31. The second-order valence-corrected chi connectivity index (χ2v) is 5.83. The fourth-order valence-electron chi connectivity index (χ4n) is 2.85. The zero-order valence-corrected chi connectivity index (χ0v) is 11.9. The lowest BCUT2D eigenvalue weighted by Crippen LogP contribution is -2.31. The maximum absolute atomic E-state index is 7.37. The van der Waals surface area contributed by atoms with Gasteiger partial charge in [0.15, 0.2) is 0 Å². The summed E-state index contributed by atoms with van der Waals surface area (Å²) in [6.07, 6.45) is 5.40. The van der Waals surface area contributed by atoms with Gasteiger partial charge in [-0.15, -0.1) is 0 Å². The van der Waals surface area contributed by atoms with Gasteiger partial charge in [-0.2, -0.15) is 0 Å². The Morgan fingerprint density at radius 2 is 2.20 bits per heavy atom. The van der Waals surface area contributed by atoms with E-state index in [1.54, 1.807) is 0 Å². The molecule has 20 heavy (non-hydrogen) atoms. The van der Waals surface area contributed by atoms with Crippen molar-refractivity contribution in [2.45, 2.75) is 38.1 Å². The first kappa shape index (κ1) is 13.4. The van der Waals surface area contributed by atoms with Crippen molar-refractivity contribution < 1.29 is 4.74 Å². The number of benzene rings is 1. The number of rotatable bonds is 7. The molecule has 0 atom stereocenters. The molecule has 0 unspecified atom stereocenters. The average Bonchev–Trinajstić information content (AvgIpc) is 3.16. The molecular formula is C16H23N3O. The fraction of sp³-hybridized carbons (Fsp3) is 0.562. The minimum Gasteiger partial charge on any atom is -0.493 e. The number of nitrogens with one attached hydrogen (secondary N) is 1. The van der Waals surface area contributed by atoms with Gasteiger partial charge in [-0.3, -0.25) is 10.3 Å². The van der Waals surface area contributed by atoms with Crippen LogP contribution in [0.25, 0.3) is 0 Å². The summed E-state index contributed by atoms with van der Waals surface area (Å²) in [5.74, 6) is 1.36. The standard InChI is InChI=1S/C16H23N3O/c17-16(18)6-9-19(14-2-3-14)8-5-12-1-4-15-13(11-12)7-10-20-15/h1,4,11,14H,2-3,5-10H2,(H3,17,18). The monoisotopic (exact) mass is 273 g/mol. The van der Waals surface area contributed by atoms with Crippen molar-refractivity contribution in [3.05, 3.63) is 29.3 Å². The lowest BCUT2D eigenvalue weighted by Gasteiger charge is -2.21. The number of hydrogen-bond donors (Lipinski definition) is 2. The van der Waals surface area contributed by atoms with E-state index in [0.29, 0.717) is 12.3 Å². The number of amidine groups is 1. The second kappa shape index (κ2) is 5.83. The Morgan fingerprint density at radius 3 is 2.95 bits per heavy atom. The number of hydrogen-bond acceptors (Lipinski definition) is 3. The molecule has 1 aromatic rings. The molecule has 4 heteroatoms. The Kier molecular flexibility index (Phi) is 3.92. The van der Waals surface area contributed by atoms with Crippen molar-refractivity contribution in [3.63, 3.8) is 0 Å².